The summed E-state index contributed by atoms with van der Waals surface area (Å²) in [6, 6.07) is 2.29. The molecule has 2 rings (SSSR count). The zero-order valence-electron chi connectivity index (χ0n) is 11.7. The Balaban J connectivity index is 2.28. The molecule has 0 bridgehead atoms. The van der Waals surface area contributed by atoms with Crippen molar-refractivity contribution in [2.45, 2.75) is 44.6 Å². The van der Waals surface area contributed by atoms with Gasteiger partial charge in [0.1, 0.15) is 17.2 Å². The molecule has 0 atom stereocenters. The van der Waals surface area contributed by atoms with E-state index in [0.717, 1.165) is 18.9 Å². The van der Waals surface area contributed by atoms with Crippen LogP contribution in [0.1, 0.15) is 48.0 Å². The van der Waals surface area contributed by atoms with Crippen molar-refractivity contribution in [2.75, 3.05) is 0 Å². The number of nitrogens with one attached hydrogen (secondary N) is 1. The van der Waals surface area contributed by atoms with Crippen molar-refractivity contribution in [1.82, 2.24) is 5.32 Å². The summed E-state index contributed by atoms with van der Waals surface area (Å²) >= 11 is 0. The topological polar surface area (TPSA) is 66.4 Å². The molecule has 0 aliphatic heterocycles. The SMILES string of the molecule is Cc1ccc(F)c(C(=O)NC2(CC(=O)O)CCCC2)c1F. The fraction of sp³-hybridized carbons (Fsp3) is 0.467. The molecule has 114 valence electrons. The number of carboxylic acid groups (broad SMARTS) is 1. The molecule has 0 spiro atoms. The molecule has 0 aromatic heterocycles. The standard InChI is InChI=1S/C15H17F2NO3/c1-9-4-5-10(16)12(13(9)17)14(21)18-15(8-11(19)20)6-2-3-7-15/h4-5H,2-3,6-8H2,1H3,(H,18,21)(H,19,20). The van der Waals surface area contributed by atoms with E-state index in [9.17, 15) is 18.4 Å². The predicted molar refractivity (Wildman–Crippen MR) is 72.0 cm³/mol. The van der Waals surface area contributed by atoms with Crippen LogP contribution < -0.4 is 5.32 Å². The Hall–Kier alpha value is -1.98. The Morgan fingerprint density at radius 3 is 2.48 bits per heavy atom. The molecule has 0 heterocycles. The number of aryl methyl sites for hydroxylation is 1. The van der Waals surface area contributed by atoms with Crippen molar-refractivity contribution >= 4 is 11.9 Å². The second kappa shape index (κ2) is 5.79. The quantitative estimate of drug-likeness (QED) is 0.898. The number of amides is 1. The van der Waals surface area contributed by atoms with Crippen LogP contribution >= 0.6 is 0 Å². The van der Waals surface area contributed by atoms with E-state index in [1.54, 1.807) is 0 Å². The first-order valence-electron chi connectivity index (χ1n) is 6.83. The van der Waals surface area contributed by atoms with E-state index in [1.807, 2.05) is 0 Å². The lowest BCUT2D eigenvalue weighted by atomic mass is 9.92. The van der Waals surface area contributed by atoms with Crippen molar-refractivity contribution in [3.63, 3.8) is 0 Å². The maximum atomic E-state index is 14.0. The van der Waals surface area contributed by atoms with Crippen LogP contribution in [-0.4, -0.2) is 22.5 Å². The molecule has 1 fully saturated rings. The van der Waals surface area contributed by atoms with E-state index < -0.39 is 34.6 Å². The first-order valence-corrected chi connectivity index (χ1v) is 6.83. The number of hydrogen-bond acceptors (Lipinski definition) is 2. The molecule has 4 nitrogen and oxygen atoms in total. The molecular formula is C15H17F2NO3. The fourth-order valence-corrected chi connectivity index (χ4v) is 2.86. The Kier molecular flexibility index (Phi) is 4.25. The second-order valence-electron chi connectivity index (χ2n) is 5.57. The molecule has 1 aliphatic carbocycles. The van der Waals surface area contributed by atoms with Gasteiger partial charge in [0.2, 0.25) is 0 Å². The minimum atomic E-state index is -1.04. The van der Waals surface area contributed by atoms with Crippen molar-refractivity contribution in [2.24, 2.45) is 0 Å². The highest BCUT2D eigenvalue weighted by Crippen LogP contribution is 2.33. The molecule has 1 aromatic carbocycles. The van der Waals surface area contributed by atoms with E-state index >= 15 is 0 Å². The van der Waals surface area contributed by atoms with Gasteiger partial charge in [0.05, 0.1) is 12.0 Å². The average Bonchev–Trinajstić information content (AvgIpc) is 2.81. The molecule has 2 N–H and O–H groups in total. The summed E-state index contributed by atoms with van der Waals surface area (Å²) in [6.07, 6.45) is 2.33. The van der Waals surface area contributed by atoms with Gasteiger partial charge in [-0.25, -0.2) is 8.78 Å². The lowest BCUT2D eigenvalue weighted by Crippen LogP contribution is -2.48. The largest absolute Gasteiger partial charge is 0.481 e. The number of halogens is 2. The zero-order valence-corrected chi connectivity index (χ0v) is 11.7. The first-order chi connectivity index (χ1) is 9.84. The van der Waals surface area contributed by atoms with Crippen LogP contribution in [0.4, 0.5) is 8.78 Å². The number of rotatable bonds is 4. The Morgan fingerprint density at radius 1 is 1.29 bits per heavy atom. The number of carbonyl (C=O) groups is 2. The summed E-state index contributed by atoms with van der Waals surface area (Å²) in [7, 11) is 0. The van der Waals surface area contributed by atoms with Crippen LogP contribution in [0.25, 0.3) is 0 Å². The minimum Gasteiger partial charge on any atom is -0.481 e. The highest BCUT2D eigenvalue weighted by molar-refractivity contribution is 5.95. The fourth-order valence-electron chi connectivity index (χ4n) is 2.86. The molecule has 6 heteroatoms. The molecule has 0 radical (unpaired) electrons. The van der Waals surface area contributed by atoms with Gasteiger partial charge in [-0.2, -0.15) is 0 Å². The molecule has 1 saturated carbocycles. The van der Waals surface area contributed by atoms with Crippen LogP contribution in [0.15, 0.2) is 12.1 Å². The molecule has 1 aliphatic rings. The van der Waals surface area contributed by atoms with Gasteiger partial charge in [0, 0.05) is 0 Å². The number of carboxylic acids is 1. The van der Waals surface area contributed by atoms with Crippen LogP contribution in [0.3, 0.4) is 0 Å². The second-order valence-corrected chi connectivity index (χ2v) is 5.57. The molecule has 21 heavy (non-hydrogen) atoms. The number of aliphatic carboxylic acids is 1. The van der Waals surface area contributed by atoms with Crippen molar-refractivity contribution in [1.29, 1.82) is 0 Å². The zero-order chi connectivity index (χ0) is 15.6. The monoisotopic (exact) mass is 297 g/mol. The van der Waals surface area contributed by atoms with Gasteiger partial charge in [0.15, 0.2) is 0 Å². The highest BCUT2D eigenvalue weighted by atomic mass is 19.1. The summed E-state index contributed by atoms with van der Waals surface area (Å²) < 4.78 is 27.7. The third-order valence-electron chi connectivity index (χ3n) is 3.94. The van der Waals surface area contributed by atoms with Gasteiger partial charge < -0.3 is 10.4 Å². The molecule has 1 amide bonds. The van der Waals surface area contributed by atoms with E-state index in [0.29, 0.717) is 12.8 Å². The van der Waals surface area contributed by atoms with E-state index in [2.05, 4.69) is 5.32 Å². The Morgan fingerprint density at radius 2 is 1.90 bits per heavy atom. The van der Waals surface area contributed by atoms with Gasteiger partial charge in [-0.3, -0.25) is 9.59 Å². The predicted octanol–water partition coefficient (Wildman–Crippen LogP) is 2.79. The summed E-state index contributed by atoms with van der Waals surface area (Å²) in [6.45, 7) is 1.44. The van der Waals surface area contributed by atoms with Crippen LogP contribution in [0.2, 0.25) is 0 Å². The Labute approximate surface area is 121 Å². The lowest BCUT2D eigenvalue weighted by Gasteiger charge is -2.28. The van der Waals surface area contributed by atoms with E-state index in [-0.39, 0.29) is 12.0 Å². The minimum absolute atomic E-state index is 0.167. The van der Waals surface area contributed by atoms with Crippen molar-refractivity contribution < 1.29 is 23.5 Å². The van der Waals surface area contributed by atoms with Gasteiger partial charge in [0.25, 0.3) is 5.91 Å². The first kappa shape index (κ1) is 15.4. The Bertz CT molecular complexity index is 581. The van der Waals surface area contributed by atoms with Gasteiger partial charge >= 0.3 is 5.97 Å². The number of benzene rings is 1. The maximum absolute atomic E-state index is 14.0. The normalized spacial score (nSPS) is 16.7. The average molecular weight is 297 g/mol. The van der Waals surface area contributed by atoms with Crippen LogP contribution in [-0.2, 0) is 4.79 Å². The third kappa shape index (κ3) is 3.20. The van der Waals surface area contributed by atoms with Crippen LogP contribution in [0, 0.1) is 18.6 Å². The van der Waals surface area contributed by atoms with E-state index in [1.165, 1.54) is 13.0 Å². The van der Waals surface area contributed by atoms with Gasteiger partial charge in [-0.1, -0.05) is 18.9 Å². The summed E-state index contributed by atoms with van der Waals surface area (Å²) in [4.78, 5) is 23.2. The molecular weight excluding hydrogens is 280 g/mol. The van der Waals surface area contributed by atoms with Gasteiger partial charge in [-0.15, -0.1) is 0 Å². The number of carbonyl (C=O) groups excluding carboxylic acids is 1. The van der Waals surface area contributed by atoms with E-state index in [4.69, 9.17) is 5.11 Å². The van der Waals surface area contributed by atoms with Crippen molar-refractivity contribution in [3.05, 3.63) is 34.9 Å². The summed E-state index contributed by atoms with van der Waals surface area (Å²) in [5, 5.41) is 11.5. The van der Waals surface area contributed by atoms with Crippen molar-refractivity contribution in [3.8, 4) is 0 Å². The summed E-state index contributed by atoms with van der Waals surface area (Å²) in [5.41, 5.74) is -1.39. The number of hydrogen-bond donors (Lipinski definition) is 2. The van der Waals surface area contributed by atoms with Gasteiger partial charge in [-0.05, 0) is 31.4 Å². The maximum Gasteiger partial charge on any atom is 0.305 e. The lowest BCUT2D eigenvalue weighted by molar-refractivity contribution is -0.138. The smallest absolute Gasteiger partial charge is 0.305 e. The summed E-state index contributed by atoms with van der Waals surface area (Å²) in [5.74, 6) is -3.78. The molecule has 0 unspecified atom stereocenters. The third-order valence-corrected chi connectivity index (χ3v) is 3.94. The highest BCUT2D eigenvalue weighted by Gasteiger charge is 2.38. The molecule has 0 saturated heterocycles. The van der Waals surface area contributed by atoms with Crippen LogP contribution in [0.5, 0.6) is 0 Å². The molecule has 1 aromatic rings.